The fourth-order valence-electron chi connectivity index (χ4n) is 2.37. The molecule has 1 heterocycles. The summed E-state index contributed by atoms with van der Waals surface area (Å²) < 4.78 is 32.8. The van der Waals surface area contributed by atoms with Crippen molar-refractivity contribution in [3.05, 3.63) is 24.3 Å². The van der Waals surface area contributed by atoms with Crippen molar-refractivity contribution in [2.45, 2.75) is 42.7 Å². The van der Waals surface area contributed by atoms with Crippen LogP contribution in [-0.4, -0.2) is 33.7 Å². The van der Waals surface area contributed by atoms with Gasteiger partial charge in [0.25, 0.3) is 0 Å². The molecule has 5 nitrogen and oxygen atoms in total. The van der Waals surface area contributed by atoms with Crippen molar-refractivity contribution in [3.8, 4) is 0 Å². The second-order valence-electron chi connectivity index (χ2n) is 5.42. The van der Waals surface area contributed by atoms with E-state index in [0.717, 1.165) is 38.9 Å². The number of sulfonamides is 1. The first-order chi connectivity index (χ1) is 9.65. The average Bonchev–Trinajstić information content (AvgIpc) is 3.24. The summed E-state index contributed by atoms with van der Waals surface area (Å²) in [6, 6.07) is 7.51. The molecule has 20 heavy (non-hydrogen) atoms. The quantitative estimate of drug-likeness (QED) is 0.868. The summed E-state index contributed by atoms with van der Waals surface area (Å²) in [5, 5.41) is 3.35. The van der Waals surface area contributed by atoms with Crippen molar-refractivity contribution in [3.63, 3.8) is 0 Å². The molecule has 0 spiro atoms. The van der Waals surface area contributed by atoms with Gasteiger partial charge in [0.15, 0.2) is 0 Å². The topological polar surface area (TPSA) is 67.4 Å². The maximum atomic E-state index is 12.4. The largest absolute Gasteiger partial charge is 0.381 e. The zero-order valence-electron chi connectivity index (χ0n) is 11.3. The van der Waals surface area contributed by atoms with Crippen LogP contribution in [-0.2, 0) is 14.8 Å². The van der Waals surface area contributed by atoms with Crippen LogP contribution in [0.25, 0.3) is 0 Å². The van der Waals surface area contributed by atoms with E-state index in [9.17, 15) is 8.42 Å². The lowest BCUT2D eigenvalue weighted by atomic mass is 10.1. The van der Waals surface area contributed by atoms with Crippen LogP contribution in [0.4, 0.5) is 5.69 Å². The molecule has 1 saturated carbocycles. The Bertz CT molecular complexity index is 564. The minimum Gasteiger partial charge on any atom is -0.381 e. The number of para-hydroxylation sites is 1. The molecule has 2 aliphatic rings. The molecule has 0 bridgehead atoms. The molecule has 0 atom stereocenters. The highest BCUT2D eigenvalue weighted by molar-refractivity contribution is 7.89. The van der Waals surface area contributed by atoms with Crippen molar-refractivity contribution in [1.29, 1.82) is 0 Å². The number of hydrogen-bond acceptors (Lipinski definition) is 4. The lowest BCUT2D eigenvalue weighted by Gasteiger charge is -2.25. The Labute approximate surface area is 119 Å². The van der Waals surface area contributed by atoms with Gasteiger partial charge in [-0.2, -0.15) is 0 Å². The van der Waals surface area contributed by atoms with Crippen LogP contribution in [0.5, 0.6) is 0 Å². The van der Waals surface area contributed by atoms with Gasteiger partial charge < -0.3 is 10.1 Å². The summed E-state index contributed by atoms with van der Waals surface area (Å²) in [6.07, 6.45) is 3.69. The van der Waals surface area contributed by atoms with Gasteiger partial charge in [-0.25, -0.2) is 13.1 Å². The van der Waals surface area contributed by atoms with Gasteiger partial charge >= 0.3 is 0 Å². The molecule has 2 N–H and O–H groups in total. The average molecular weight is 296 g/mol. The monoisotopic (exact) mass is 296 g/mol. The van der Waals surface area contributed by atoms with Crippen molar-refractivity contribution >= 4 is 15.7 Å². The van der Waals surface area contributed by atoms with Crippen molar-refractivity contribution < 1.29 is 13.2 Å². The van der Waals surface area contributed by atoms with Crippen molar-refractivity contribution in [1.82, 2.24) is 4.72 Å². The first-order valence-corrected chi connectivity index (χ1v) is 8.59. The van der Waals surface area contributed by atoms with Crippen LogP contribution in [0, 0.1) is 0 Å². The highest BCUT2D eigenvalue weighted by atomic mass is 32.2. The summed E-state index contributed by atoms with van der Waals surface area (Å²) in [7, 11) is -3.42. The molecule has 0 unspecified atom stereocenters. The van der Waals surface area contributed by atoms with E-state index in [4.69, 9.17) is 4.74 Å². The minimum absolute atomic E-state index is 0.121. The second-order valence-corrected chi connectivity index (χ2v) is 7.11. The number of benzene rings is 1. The van der Waals surface area contributed by atoms with E-state index in [-0.39, 0.29) is 12.1 Å². The van der Waals surface area contributed by atoms with E-state index in [0.29, 0.717) is 10.6 Å². The highest BCUT2D eigenvalue weighted by Crippen LogP contribution is 2.27. The molecule has 6 heteroatoms. The van der Waals surface area contributed by atoms with E-state index in [1.54, 1.807) is 12.1 Å². The number of ether oxygens (including phenoxy) is 1. The zero-order valence-corrected chi connectivity index (χ0v) is 12.2. The number of rotatable bonds is 5. The smallest absolute Gasteiger partial charge is 0.242 e. The SMILES string of the molecule is O=S(=O)(NC1CC1)c1ccccc1NC1CCOCC1. The van der Waals surface area contributed by atoms with E-state index in [1.165, 1.54) is 0 Å². The molecule has 1 aliphatic heterocycles. The maximum absolute atomic E-state index is 12.4. The third kappa shape index (κ3) is 3.31. The number of anilines is 1. The third-order valence-corrected chi connectivity index (χ3v) is 5.24. The van der Waals surface area contributed by atoms with Gasteiger partial charge in [-0.05, 0) is 37.8 Å². The highest BCUT2D eigenvalue weighted by Gasteiger charge is 2.29. The Balaban J connectivity index is 1.79. The van der Waals surface area contributed by atoms with Crippen LogP contribution in [0.15, 0.2) is 29.2 Å². The standard InChI is InChI=1S/C14H20N2O3S/c17-20(18,16-12-5-6-12)14-4-2-1-3-13(14)15-11-7-9-19-10-8-11/h1-4,11-12,15-16H,5-10H2. The fourth-order valence-corrected chi connectivity index (χ4v) is 3.84. The van der Waals surface area contributed by atoms with Crippen LogP contribution in [0.2, 0.25) is 0 Å². The molecule has 1 aromatic carbocycles. The molecule has 1 aromatic rings. The predicted octanol–water partition coefficient (Wildman–Crippen LogP) is 1.72. The summed E-state index contributed by atoms with van der Waals surface area (Å²) in [5.41, 5.74) is 0.688. The molecule has 1 saturated heterocycles. The molecule has 0 radical (unpaired) electrons. The van der Waals surface area contributed by atoms with E-state index >= 15 is 0 Å². The van der Waals surface area contributed by atoms with Gasteiger partial charge in [-0.3, -0.25) is 0 Å². The predicted molar refractivity (Wildman–Crippen MR) is 77.2 cm³/mol. The summed E-state index contributed by atoms with van der Waals surface area (Å²) >= 11 is 0. The maximum Gasteiger partial charge on any atom is 0.242 e. The summed E-state index contributed by atoms with van der Waals surface area (Å²) in [4.78, 5) is 0.346. The molecule has 3 rings (SSSR count). The Morgan fingerprint density at radius 2 is 1.70 bits per heavy atom. The van der Waals surface area contributed by atoms with Crippen molar-refractivity contribution in [2.75, 3.05) is 18.5 Å². The van der Waals surface area contributed by atoms with Crippen LogP contribution < -0.4 is 10.0 Å². The fraction of sp³-hybridized carbons (Fsp3) is 0.571. The Morgan fingerprint density at radius 3 is 2.40 bits per heavy atom. The van der Waals surface area contributed by atoms with E-state index in [1.807, 2.05) is 12.1 Å². The van der Waals surface area contributed by atoms with Gasteiger partial charge in [0.05, 0.1) is 5.69 Å². The van der Waals surface area contributed by atoms with Crippen molar-refractivity contribution in [2.24, 2.45) is 0 Å². The molecule has 2 fully saturated rings. The molecule has 0 aromatic heterocycles. The third-order valence-electron chi connectivity index (χ3n) is 3.66. The van der Waals surface area contributed by atoms with Crippen LogP contribution >= 0.6 is 0 Å². The van der Waals surface area contributed by atoms with Gasteiger partial charge in [-0.1, -0.05) is 12.1 Å². The molecule has 1 aliphatic carbocycles. The van der Waals surface area contributed by atoms with E-state index in [2.05, 4.69) is 10.0 Å². The van der Waals surface area contributed by atoms with E-state index < -0.39 is 10.0 Å². The molecule has 110 valence electrons. The Kier molecular flexibility index (Phi) is 3.96. The van der Waals surface area contributed by atoms with Crippen LogP contribution in [0.1, 0.15) is 25.7 Å². The first kappa shape index (κ1) is 13.9. The minimum atomic E-state index is -3.42. The zero-order chi connectivity index (χ0) is 14.0. The Morgan fingerprint density at radius 1 is 1.00 bits per heavy atom. The molecule has 0 amide bonds. The number of nitrogens with one attached hydrogen (secondary N) is 2. The van der Waals surface area contributed by atoms with Gasteiger partial charge in [0, 0.05) is 25.3 Å². The Hall–Kier alpha value is -1.11. The number of hydrogen-bond donors (Lipinski definition) is 2. The van der Waals surface area contributed by atoms with Crippen LogP contribution in [0.3, 0.4) is 0 Å². The summed E-state index contributed by atoms with van der Waals surface area (Å²) in [5.74, 6) is 0. The van der Waals surface area contributed by atoms with Gasteiger partial charge in [0.1, 0.15) is 4.90 Å². The first-order valence-electron chi connectivity index (χ1n) is 7.11. The second kappa shape index (κ2) is 5.71. The lowest BCUT2D eigenvalue weighted by molar-refractivity contribution is 0.0904. The molecular formula is C14H20N2O3S. The lowest BCUT2D eigenvalue weighted by Crippen LogP contribution is -2.30. The normalized spacial score (nSPS) is 20.8. The van der Waals surface area contributed by atoms with Gasteiger partial charge in [-0.15, -0.1) is 0 Å². The van der Waals surface area contributed by atoms with Gasteiger partial charge in [0.2, 0.25) is 10.0 Å². The molecular weight excluding hydrogens is 276 g/mol. The summed E-state index contributed by atoms with van der Waals surface area (Å²) in [6.45, 7) is 1.46.